The van der Waals surface area contributed by atoms with Crippen LogP contribution >= 0.6 is 11.6 Å². The fourth-order valence-corrected chi connectivity index (χ4v) is 3.07. The summed E-state index contributed by atoms with van der Waals surface area (Å²) in [5.41, 5.74) is 3.52. The van der Waals surface area contributed by atoms with Crippen molar-refractivity contribution in [1.29, 1.82) is 0 Å². The molecule has 0 unspecified atom stereocenters. The third kappa shape index (κ3) is 2.86. The fraction of sp³-hybridized carbons (Fsp3) is 0.0500. The average Bonchev–Trinajstić information content (AvgIpc) is 3.30. The van der Waals surface area contributed by atoms with Gasteiger partial charge in [0.05, 0.1) is 12.4 Å². The van der Waals surface area contributed by atoms with Gasteiger partial charge < -0.3 is 9.13 Å². The van der Waals surface area contributed by atoms with E-state index in [1.165, 1.54) is 11.1 Å². The molecule has 4 aromatic rings. The van der Waals surface area contributed by atoms with E-state index in [9.17, 15) is 0 Å². The van der Waals surface area contributed by atoms with Crippen LogP contribution in [0.3, 0.4) is 0 Å². The Morgan fingerprint density at radius 1 is 0.833 bits per heavy atom. The highest BCUT2D eigenvalue weighted by molar-refractivity contribution is 6.30. The number of aromatic nitrogens is 3. The Morgan fingerprint density at radius 2 is 1.62 bits per heavy atom. The van der Waals surface area contributed by atoms with Gasteiger partial charge in [0.15, 0.2) is 0 Å². The Hall–Kier alpha value is -2.78. The number of hydrogen-bond donors (Lipinski definition) is 0. The lowest BCUT2D eigenvalue weighted by Gasteiger charge is -2.18. The van der Waals surface area contributed by atoms with Gasteiger partial charge in [0.2, 0.25) is 0 Å². The summed E-state index contributed by atoms with van der Waals surface area (Å²) in [6.45, 7) is 0. The van der Waals surface area contributed by atoms with Crippen LogP contribution in [0.25, 0.3) is 5.69 Å². The first-order chi connectivity index (χ1) is 11.8. The van der Waals surface area contributed by atoms with Crippen LogP contribution in [-0.4, -0.2) is 14.1 Å². The average molecular weight is 334 g/mol. The summed E-state index contributed by atoms with van der Waals surface area (Å²) in [5.74, 6) is 0. The first-order valence-corrected chi connectivity index (χ1v) is 8.15. The van der Waals surface area contributed by atoms with E-state index in [0.29, 0.717) is 0 Å². The van der Waals surface area contributed by atoms with Crippen LogP contribution in [0.2, 0.25) is 5.02 Å². The number of halogens is 1. The molecular weight excluding hydrogens is 318 g/mol. The second-order valence-electron chi connectivity index (χ2n) is 5.65. The molecule has 0 aliphatic carbocycles. The number of nitrogens with zero attached hydrogens (tertiary/aromatic N) is 3. The molecule has 4 heteroatoms. The van der Waals surface area contributed by atoms with Crippen LogP contribution < -0.4 is 0 Å². The van der Waals surface area contributed by atoms with Gasteiger partial charge in [0, 0.05) is 35.5 Å². The van der Waals surface area contributed by atoms with E-state index in [2.05, 4.69) is 56.8 Å². The molecule has 24 heavy (non-hydrogen) atoms. The van der Waals surface area contributed by atoms with Crippen LogP contribution in [0.1, 0.15) is 17.2 Å². The molecule has 0 bridgehead atoms. The molecule has 118 valence electrons. The molecule has 3 nitrogen and oxygen atoms in total. The Balaban J connectivity index is 1.76. The van der Waals surface area contributed by atoms with E-state index in [1.807, 2.05) is 49.1 Å². The van der Waals surface area contributed by atoms with E-state index in [-0.39, 0.29) is 6.04 Å². The monoisotopic (exact) mass is 333 g/mol. The molecule has 2 heterocycles. The summed E-state index contributed by atoms with van der Waals surface area (Å²) in [6, 6.07) is 20.5. The molecule has 0 amide bonds. The predicted octanol–water partition coefficient (Wildman–Crippen LogP) is 4.96. The third-order valence-corrected chi connectivity index (χ3v) is 4.35. The van der Waals surface area contributed by atoms with Gasteiger partial charge in [-0.25, -0.2) is 4.98 Å². The lowest BCUT2D eigenvalue weighted by atomic mass is 10.0. The minimum atomic E-state index is 0.0993. The maximum Gasteiger partial charge on any atom is 0.0954 e. The quantitative estimate of drug-likeness (QED) is 0.517. The van der Waals surface area contributed by atoms with Crippen LogP contribution in [-0.2, 0) is 0 Å². The van der Waals surface area contributed by atoms with Gasteiger partial charge in [-0.05, 0) is 41.5 Å². The Bertz CT molecular complexity index is 909. The standard InChI is InChI=1S/C20H16ClN3/c21-18-6-8-19(9-7-18)23-12-10-17(14-23)20(24-13-11-22-15-24)16-4-2-1-3-5-16/h1-15,20H/t20-/m1/s1. The number of hydrogen-bond acceptors (Lipinski definition) is 1. The molecule has 4 rings (SSSR count). The second-order valence-corrected chi connectivity index (χ2v) is 6.09. The van der Waals surface area contributed by atoms with Crippen molar-refractivity contribution in [1.82, 2.24) is 14.1 Å². The SMILES string of the molecule is Clc1ccc(-n2ccc([C@@H](c3ccccc3)n3ccnc3)c2)cc1. The molecule has 2 aromatic carbocycles. The van der Waals surface area contributed by atoms with Crippen LogP contribution in [0.5, 0.6) is 0 Å². The van der Waals surface area contributed by atoms with E-state index >= 15 is 0 Å². The molecule has 0 aliphatic heterocycles. The first kappa shape index (κ1) is 14.8. The van der Waals surface area contributed by atoms with Gasteiger partial charge in [-0.2, -0.15) is 0 Å². The first-order valence-electron chi connectivity index (χ1n) is 7.77. The minimum absolute atomic E-state index is 0.0993. The summed E-state index contributed by atoms with van der Waals surface area (Å²) in [5, 5.41) is 0.742. The zero-order valence-electron chi connectivity index (χ0n) is 13.0. The zero-order valence-corrected chi connectivity index (χ0v) is 13.7. The van der Waals surface area contributed by atoms with Crippen molar-refractivity contribution in [3.05, 3.63) is 108 Å². The second kappa shape index (κ2) is 6.38. The summed E-state index contributed by atoms with van der Waals surface area (Å²) in [7, 11) is 0. The van der Waals surface area contributed by atoms with Crippen molar-refractivity contribution >= 4 is 11.6 Å². The molecule has 0 radical (unpaired) electrons. The highest BCUT2D eigenvalue weighted by Crippen LogP contribution is 2.27. The van der Waals surface area contributed by atoms with Crippen molar-refractivity contribution in [2.24, 2.45) is 0 Å². The third-order valence-electron chi connectivity index (χ3n) is 4.09. The summed E-state index contributed by atoms with van der Waals surface area (Å²) in [6.07, 6.45) is 9.90. The van der Waals surface area contributed by atoms with Crippen molar-refractivity contribution < 1.29 is 0 Å². The smallest absolute Gasteiger partial charge is 0.0954 e. The van der Waals surface area contributed by atoms with Gasteiger partial charge in [-0.1, -0.05) is 41.9 Å². The molecule has 0 spiro atoms. The predicted molar refractivity (Wildman–Crippen MR) is 96.7 cm³/mol. The molecule has 0 fully saturated rings. The topological polar surface area (TPSA) is 22.8 Å². The molecule has 2 aromatic heterocycles. The highest BCUT2D eigenvalue weighted by Gasteiger charge is 2.17. The van der Waals surface area contributed by atoms with Crippen molar-refractivity contribution in [3.8, 4) is 5.69 Å². The highest BCUT2D eigenvalue weighted by atomic mass is 35.5. The zero-order chi connectivity index (χ0) is 16.4. The lowest BCUT2D eigenvalue weighted by molar-refractivity contribution is 0.676. The van der Waals surface area contributed by atoms with Crippen LogP contribution in [0.15, 0.2) is 91.8 Å². The van der Waals surface area contributed by atoms with E-state index in [4.69, 9.17) is 11.6 Å². The van der Waals surface area contributed by atoms with Crippen molar-refractivity contribution in [2.75, 3.05) is 0 Å². The van der Waals surface area contributed by atoms with Crippen LogP contribution in [0.4, 0.5) is 0 Å². The maximum atomic E-state index is 5.98. The molecule has 0 N–H and O–H groups in total. The molecule has 0 aliphatic rings. The van der Waals surface area contributed by atoms with E-state index < -0.39 is 0 Å². The van der Waals surface area contributed by atoms with Gasteiger partial charge >= 0.3 is 0 Å². The Morgan fingerprint density at radius 3 is 2.33 bits per heavy atom. The van der Waals surface area contributed by atoms with Gasteiger partial charge in [0.1, 0.15) is 0 Å². The lowest BCUT2D eigenvalue weighted by Crippen LogP contribution is -2.09. The van der Waals surface area contributed by atoms with Crippen LogP contribution in [0, 0.1) is 0 Å². The summed E-state index contributed by atoms with van der Waals surface area (Å²) < 4.78 is 4.23. The number of imidazole rings is 1. The summed E-state index contributed by atoms with van der Waals surface area (Å²) >= 11 is 5.98. The number of benzene rings is 2. The Kier molecular flexibility index (Phi) is 3.93. The maximum absolute atomic E-state index is 5.98. The van der Waals surface area contributed by atoms with Gasteiger partial charge in [-0.15, -0.1) is 0 Å². The molecule has 0 saturated carbocycles. The van der Waals surface area contributed by atoms with Gasteiger partial charge in [0.25, 0.3) is 0 Å². The van der Waals surface area contributed by atoms with Crippen molar-refractivity contribution in [3.63, 3.8) is 0 Å². The molecule has 1 atom stereocenters. The van der Waals surface area contributed by atoms with Crippen molar-refractivity contribution in [2.45, 2.75) is 6.04 Å². The molecule has 0 saturated heterocycles. The Labute approximate surface area is 145 Å². The normalized spacial score (nSPS) is 12.2. The summed E-state index contributed by atoms with van der Waals surface area (Å²) in [4.78, 5) is 4.21. The van der Waals surface area contributed by atoms with E-state index in [1.54, 1.807) is 0 Å². The van der Waals surface area contributed by atoms with E-state index in [0.717, 1.165) is 10.7 Å². The minimum Gasteiger partial charge on any atom is -0.326 e. The van der Waals surface area contributed by atoms with Gasteiger partial charge in [-0.3, -0.25) is 0 Å². The largest absolute Gasteiger partial charge is 0.326 e. The number of rotatable bonds is 4. The molecular formula is C20H16ClN3. The fourth-order valence-electron chi connectivity index (χ4n) is 2.94.